The van der Waals surface area contributed by atoms with Crippen molar-refractivity contribution in [2.75, 3.05) is 26.8 Å². The van der Waals surface area contributed by atoms with Gasteiger partial charge >= 0.3 is 5.97 Å². The summed E-state index contributed by atoms with van der Waals surface area (Å²) in [5, 5.41) is 10.9. The van der Waals surface area contributed by atoms with Gasteiger partial charge in [-0.1, -0.05) is 12.1 Å². The molecule has 1 atom stereocenters. The molecular formula is C25H27NO6. The lowest BCUT2D eigenvalue weighted by Crippen LogP contribution is -2.39. The molecule has 0 amide bonds. The molecule has 0 radical (unpaired) electrons. The Bertz CT molecular complexity index is 1170. The normalized spacial score (nSPS) is 16.8. The predicted octanol–water partition coefficient (Wildman–Crippen LogP) is 3.95. The molecule has 2 heterocycles. The average molecular weight is 437 g/mol. The second kappa shape index (κ2) is 9.44. The third kappa shape index (κ3) is 4.34. The Kier molecular flexibility index (Phi) is 6.46. The van der Waals surface area contributed by atoms with Gasteiger partial charge in [0.25, 0.3) is 0 Å². The number of carbonyl (C=O) groups excluding carboxylic acids is 1. The Labute approximate surface area is 186 Å². The molecule has 7 heteroatoms. The molecule has 168 valence electrons. The van der Waals surface area contributed by atoms with Gasteiger partial charge in [0, 0.05) is 13.1 Å². The fourth-order valence-electron chi connectivity index (χ4n) is 4.25. The van der Waals surface area contributed by atoms with Crippen LogP contribution in [0.4, 0.5) is 0 Å². The number of methoxy groups -OCH3 is 1. The number of ether oxygens (including phenoxy) is 2. The topological polar surface area (TPSA) is 89.2 Å². The lowest BCUT2D eigenvalue weighted by molar-refractivity contribution is -0.150. The quantitative estimate of drug-likeness (QED) is 0.584. The minimum atomic E-state index is -0.186. The van der Waals surface area contributed by atoms with Crippen molar-refractivity contribution in [3.8, 4) is 22.6 Å². The Balaban J connectivity index is 1.65. The molecule has 0 spiro atoms. The van der Waals surface area contributed by atoms with Crippen LogP contribution in [0.2, 0.25) is 0 Å². The second-order valence-electron chi connectivity index (χ2n) is 7.97. The van der Waals surface area contributed by atoms with E-state index in [1.807, 2.05) is 12.1 Å². The van der Waals surface area contributed by atoms with Crippen molar-refractivity contribution in [3.05, 3.63) is 58.4 Å². The van der Waals surface area contributed by atoms with Crippen molar-refractivity contribution in [2.24, 2.45) is 5.92 Å². The highest BCUT2D eigenvalue weighted by Crippen LogP contribution is 2.31. The number of benzene rings is 2. The van der Waals surface area contributed by atoms with Crippen LogP contribution in [-0.2, 0) is 16.1 Å². The van der Waals surface area contributed by atoms with E-state index in [1.54, 1.807) is 32.2 Å². The zero-order chi connectivity index (χ0) is 22.7. The van der Waals surface area contributed by atoms with Crippen LogP contribution in [0.15, 0.2) is 51.9 Å². The van der Waals surface area contributed by atoms with Gasteiger partial charge in [0.2, 0.25) is 5.43 Å². The molecule has 0 aliphatic carbocycles. The van der Waals surface area contributed by atoms with E-state index in [4.69, 9.17) is 13.9 Å². The van der Waals surface area contributed by atoms with Crippen LogP contribution in [0.1, 0.15) is 25.3 Å². The molecular weight excluding hydrogens is 410 g/mol. The predicted molar refractivity (Wildman–Crippen MR) is 121 cm³/mol. The van der Waals surface area contributed by atoms with Gasteiger partial charge in [0.1, 0.15) is 23.3 Å². The van der Waals surface area contributed by atoms with E-state index >= 15 is 0 Å². The smallest absolute Gasteiger partial charge is 0.310 e. The summed E-state index contributed by atoms with van der Waals surface area (Å²) in [5.41, 5.74) is 1.91. The van der Waals surface area contributed by atoms with Crippen LogP contribution in [0.5, 0.6) is 11.5 Å². The van der Waals surface area contributed by atoms with Crippen molar-refractivity contribution < 1.29 is 23.8 Å². The fraction of sp³-hybridized carbons (Fsp3) is 0.360. The molecule has 1 aromatic heterocycles. The number of piperidine rings is 1. The van der Waals surface area contributed by atoms with Crippen LogP contribution in [0, 0.1) is 5.92 Å². The van der Waals surface area contributed by atoms with Gasteiger partial charge < -0.3 is 19.0 Å². The summed E-state index contributed by atoms with van der Waals surface area (Å²) in [6.45, 7) is 3.88. The summed E-state index contributed by atoms with van der Waals surface area (Å²) in [6, 6.07) is 10.3. The summed E-state index contributed by atoms with van der Waals surface area (Å²) in [5.74, 6) is 0.398. The van der Waals surface area contributed by atoms with Gasteiger partial charge in [-0.25, -0.2) is 0 Å². The summed E-state index contributed by atoms with van der Waals surface area (Å²) < 4.78 is 16.2. The van der Waals surface area contributed by atoms with Crippen LogP contribution in [0.3, 0.4) is 0 Å². The monoisotopic (exact) mass is 437 g/mol. The Morgan fingerprint density at radius 1 is 1.22 bits per heavy atom. The third-order valence-corrected chi connectivity index (χ3v) is 5.93. The zero-order valence-corrected chi connectivity index (χ0v) is 18.3. The molecule has 1 saturated heterocycles. The molecule has 2 aromatic carbocycles. The van der Waals surface area contributed by atoms with E-state index in [2.05, 4.69) is 4.90 Å². The number of phenolic OH excluding ortho intramolecular Hbond substituents is 1. The largest absolute Gasteiger partial charge is 0.507 e. The van der Waals surface area contributed by atoms with E-state index in [9.17, 15) is 14.7 Å². The van der Waals surface area contributed by atoms with Gasteiger partial charge in [0.15, 0.2) is 0 Å². The molecule has 0 bridgehead atoms. The summed E-state index contributed by atoms with van der Waals surface area (Å²) in [4.78, 5) is 27.5. The van der Waals surface area contributed by atoms with Gasteiger partial charge in [-0.3, -0.25) is 14.5 Å². The van der Waals surface area contributed by atoms with Crippen molar-refractivity contribution in [1.82, 2.24) is 4.90 Å². The molecule has 4 rings (SSSR count). The number of aromatic hydroxyl groups is 1. The zero-order valence-electron chi connectivity index (χ0n) is 18.3. The summed E-state index contributed by atoms with van der Waals surface area (Å²) >= 11 is 0. The highest BCUT2D eigenvalue weighted by Gasteiger charge is 2.28. The third-order valence-electron chi connectivity index (χ3n) is 5.93. The summed E-state index contributed by atoms with van der Waals surface area (Å²) in [6.07, 6.45) is 3.09. The Morgan fingerprint density at radius 3 is 2.72 bits per heavy atom. The standard InChI is InChI=1S/C25H27NO6/c1-3-31-25(29)17-5-4-12-26(13-17)14-20-22(27)11-10-19-23(28)21(15-32-24(19)20)16-6-8-18(30-2)9-7-16/h6-11,15,17,27H,3-5,12-14H2,1-2H3/t17-/m0/s1. The number of esters is 1. The van der Waals surface area contributed by atoms with Crippen LogP contribution < -0.4 is 10.2 Å². The van der Waals surface area contributed by atoms with Crippen LogP contribution in [0.25, 0.3) is 22.1 Å². The molecule has 7 nitrogen and oxygen atoms in total. The number of hydrogen-bond donors (Lipinski definition) is 1. The summed E-state index contributed by atoms with van der Waals surface area (Å²) in [7, 11) is 1.59. The first kappa shape index (κ1) is 21.9. The van der Waals surface area contributed by atoms with Crippen molar-refractivity contribution >= 4 is 16.9 Å². The lowest BCUT2D eigenvalue weighted by Gasteiger charge is -2.31. The molecule has 0 saturated carbocycles. The average Bonchev–Trinajstić information content (AvgIpc) is 2.81. The maximum Gasteiger partial charge on any atom is 0.310 e. The van der Waals surface area contributed by atoms with Crippen LogP contribution >= 0.6 is 0 Å². The number of phenols is 1. The maximum atomic E-state index is 13.2. The highest BCUT2D eigenvalue weighted by molar-refractivity contribution is 5.85. The van der Waals surface area contributed by atoms with Gasteiger partial charge in [0.05, 0.1) is 36.1 Å². The van der Waals surface area contributed by atoms with E-state index in [1.165, 1.54) is 12.3 Å². The Hall–Kier alpha value is -3.32. The maximum absolute atomic E-state index is 13.2. The molecule has 0 unspecified atom stereocenters. The number of rotatable bonds is 6. The second-order valence-corrected chi connectivity index (χ2v) is 7.97. The van der Waals surface area contributed by atoms with Gasteiger partial charge in [-0.15, -0.1) is 0 Å². The van der Waals surface area contributed by atoms with E-state index in [-0.39, 0.29) is 23.1 Å². The molecule has 1 fully saturated rings. The molecule has 32 heavy (non-hydrogen) atoms. The van der Waals surface area contributed by atoms with Crippen molar-refractivity contribution in [3.63, 3.8) is 0 Å². The first-order valence-electron chi connectivity index (χ1n) is 10.8. The van der Waals surface area contributed by atoms with Crippen LogP contribution in [-0.4, -0.2) is 42.8 Å². The minimum Gasteiger partial charge on any atom is -0.507 e. The number of likely N-dealkylation sites (tertiary alicyclic amines) is 1. The first-order chi connectivity index (χ1) is 15.5. The highest BCUT2D eigenvalue weighted by atomic mass is 16.5. The van der Waals surface area contributed by atoms with Gasteiger partial charge in [-0.05, 0) is 56.1 Å². The molecule has 3 aromatic rings. The first-order valence-corrected chi connectivity index (χ1v) is 10.8. The van der Waals surface area contributed by atoms with Crippen molar-refractivity contribution in [2.45, 2.75) is 26.3 Å². The molecule has 1 aliphatic heterocycles. The lowest BCUT2D eigenvalue weighted by atomic mass is 9.97. The SMILES string of the molecule is CCOC(=O)[C@H]1CCCN(Cc2c(O)ccc3c(=O)c(-c4ccc(OC)cc4)coc23)C1. The van der Waals surface area contributed by atoms with E-state index in [0.717, 1.165) is 24.9 Å². The fourth-order valence-corrected chi connectivity index (χ4v) is 4.25. The van der Waals surface area contributed by atoms with E-state index in [0.29, 0.717) is 47.5 Å². The number of nitrogens with zero attached hydrogens (tertiary/aromatic N) is 1. The van der Waals surface area contributed by atoms with Gasteiger partial charge in [-0.2, -0.15) is 0 Å². The Morgan fingerprint density at radius 2 is 2.00 bits per heavy atom. The number of fused-ring (bicyclic) bond motifs is 1. The molecule has 1 N–H and O–H groups in total. The van der Waals surface area contributed by atoms with Crippen molar-refractivity contribution in [1.29, 1.82) is 0 Å². The van der Waals surface area contributed by atoms with E-state index < -0.39 is 0 Å². The molecule has 1 aliphatic rings. The number of hydrogen-bond acceptors (Lipinski definition) is 7. The number of carbonyl (C=O) groups is 1. The minimum absolute atomic E-state index is 0.0658.